The molecule has 3 aromatic carbocycles. The van der Waals surface area contributed by atoms with Gasteiger partial charge in [0.2, 0.25) is 0 Å². The van der Waals surface area contributed by atoms with Crippen molar-refractivity contribution in [2.45, 2.75) is 26.7 Å². The van der Waals surface area contributed by atoms with E-state index >= 15 is 0 Å². The monoisotopic (exact) mass is 352 g/mol. The van der Waals surface area contributed by atoms with E-state index in [0.29, 0.717) is 5.57 Å². The highest BCUT2D eigenvalue weighted by Crippen LogP contribution is 2.30. The predicted molar refractivity (Wildman–Crippen MR) is 115 cm³/mol. The van der Waals surface area contributed by atoms with Crippen LogP contribution in [-0.4, -0.2) is 13.1 Å². The fraction of sp³-hybridized carbons (Fsp3) is 0.240. The van der Waals surface area contributed by atoms with E-state index in [1.54, 1.807) is 0 Å². The van der Waals surface area contributed by atoms with Crippen LogP contribution in [0.25, 0.3) is 22.4 Å². The molecular weight excluding hydrogens is 328 g/mol. The Morgan fingerprint density at radius 2 is 1.67 bits per heavy atom. The van der Waals surface area contributed by atoms with Gasteiger partial charge >= 0.3 is 0 Å². The van der Waals surface area contributed by atoms with Gasteiger partial charge < -0.3 is 4.90 Å². The SMILES string of the molecule is Cc1cc(N2CCCC2)c(C)cc1/C=C(/C#N)c1ccc2ccccc2c1. The van der Waals surface area contributed by atoms with Gasteiger partial charge in [0, 0.05) is 18.8 Å². The molecule has 0 N–H and O–H groups in total. The van der Waals surface area contributed by atoms with Crippen molar-refractivity contribution in [2.75, 3.05) is 18.0 Å². The molecule has 1 saturated heterocycles. The van der Waals surface area contributed by atoms with E-state index in [1.807, 2.05) is 24.3 Å². The Morgan fingerprint density at radius 1 is 0.926 bits per heavy atom. The lowest BCUT2D eigenvalue weighted by molar-refractivity contribution is 0.949. The third kappa shape index (κ3) is 3.46. The van der Waals surface area contributed by atoms with Gasteiger partial charge in [0.15, 0.2) is 0 Å². The Kier molecular flexibility index (Phi) is 4.69. The number of hydrogen-bond acceptors (Lipinski definition) is 2. The Balaban J connectivity index is 1.73. The normalized spacial score (nSPS) is 14.6. The number of nitriles is 1. The second-order valence-corrected chi connectivity index (χ2v) is 7.42. The molecule has 0 unspecified atom stereocenters. The molecule has 2 heteroatoms. The summed E-state index contributed by atoms with van der Waals surface area (Å²) >= 11 is 0. The molecule has 0 saturated carbocycles. The number of allylic oxidation sites excluding steroid dienone is 1. The summed E-state index contributed by atoms with van der Waals surface area (Å²) in [6.07, 6.45) is 4.58. The quantitative estimate of drug-likeness (QED) is 0.419. The zero-order valence-electron chi connectivity index (χ0n) is 16.0. The van der Waals surface area contributed by atoms with Gasteiger partial charge in [0.05, 0.1) is 11.6 Å². The molecule has 0 spiro atoms. The average Bonchev–Trinajstić information content (AvgIpc) is 3.22. The minimum Gasteiger partial charge on any atom is -0.371 e. The molecule has 2 nitrogen and oxygen atoms in total. The van der Waals surface area contributed by atoms with E-state index in [2.05, 4.69) is 61.2 Å². The number of nitrogens with zero attached hydrogens (tertiary/aromatic N) is 2. The molecule has 1 aliphatic rings. The van der Waals surface area contributed by atoms with Crippen molar-refractivity contribution in [1.82, 2.24) is 0 Å². The number of hydrogen-bond donors (Lipinski definition) is 0. The van der Waals surface area contributed by atoms with Gasteiger partial charge in [-0.1, -0.05) is 36.4 Å². The first kappa shape index (κ1) is 17.4. The smallest absolute Gasteiger partial charge is 0.0998 e. The van der Waals surface area contributed by atoms with Gasteiger partial charge in [0.1, 0.15) is 0 Å². The van der Waals surface area contributed by atoms with E-state index < -0.39 is 0 Å². The van der Waals surface area contributed by atoms with Gasteiger partial charge in [-0.05, 0) is 84.0 Å². The van der Waals surface area contributed by atoms with Gasteiger partial charge in [-0.2, -0.15) is 5.26 Å². The molecule has 0 aromatic heterocycles. The first-order valence-electron chi connectivity index (χ1n) is 9.63. The van der Waals surface area contributed by atoms with E-state index in [9.17, 15) is 5.26 Å². The van der Waals surface area contributed by atoms with Crippen molar-refractivity contribution in [3.05, 3.63) is 76.9 Å². The van der Waals surface area contributed by atoms with Crippen LogP contribution >= 0.6 is 0 Å². The summed E-state index contributed by atoms with van der Waals surface area (Å²) in [6, 6.07) is 21.4. The molecule has 4 rings (SSSR count). The summed E-state index contributed by atoms with van der Waals surface area (Å²) in [7, 11) is 0. The van der Waals surface area contributed by atoms with Crippen molar-refractivity contribution in [3.8, 4) is 6.07 Å². The highest BCUT2D eigenvalue weighted by Gasteiger charge is 2.15. The first-order valence-corrected chi connectivity index (χ1v) is 9.63. The van der Waals surface area contributed by atoms with Crippen LogP contribution in [0, 0.1) is 25.2 Å². The Morgan fingerprint density at radius 3 is 2.41 bits per heavy atom. The Bertz CT molecular complexity index is 1060. The van der Waals surface area contributed by atoms with Crippen LogP contribution in [0.5, 0.6) is 0 Å². The third-order valence-electron chi connectivity index (χ3n) is 5.51. The largest absolute Gasteiger partial charge is 0.371 e. The zero-order chi connectivity index (χ0) is 18.8. The number of fused-ring (bicyclic) bond motifs is 1. The van der Waals surface area contributed by atoms with Gasteiger partial charge in [-0.25, -0.2) is 0 Å². The highest BCUT2D eigenvalue weighted by atomic mass is 15.1. The third-order valence-corrected chi connectivity index (χ3v) is 5.51. The molecule has 1 aliphatic heterocycles. The molecule has 134 valence electrons. The molecule has 3 aromatic rings. The molecule has 0 amide bonds. The molecule has 0 radical (unpaired) electrons. The van der Waals surface area contributed by atoms with Crippen molar-refractivity contribution in [2.24, 2.45) is 0 Å². The summed E-state index contributed by atoms with van der Waals surface area (Å²) < 4.78 is 0. The van der Waals surface area contributed by atoms with Crippen LogP contribution in [0.15, 0.2) is 54.6 Å². The van der Waals surface area contributed by atoms with Crippen LogP contribution < -0.4 is 4.90 Å². The Labute approximate surface area is 161 Å². The van der Waals surface area contributed by atoms with Crippen LogP contribution in [0.4, 0.5) is 5.69 Å². The lowest BCUT2D eigenvalue weighted by Gasteiger charge is -2.21. The molecule has 1 fully saturated rings. The van der Waals surface area contributed by atoms with Gasteiger partial charge in [0.25, 0.3) is 0 Å². The van der Waals surface area contributed by atoms with E-state index in [0.717, 1.165) is 29.6 Å². The van der Waals surface area contributed by atoms with E-state index in [1.165, 1.54) is 35.0 Å². The molecule has 0 bridgehead atoms. The lowest BCUT2D eigenvalue weighted by Crippen LogP contribution is -2.18. The summed E-state index contributed by atoms with van der Waals surface area (Å²) in [5, 5.41) is 12.1. The van der Waals surface area contributed by atoms with Gasteiger partial charge in [-0.3, -0.25) is 0 Å². The first-order chi connectivity index (χ1) is 13.2. The molecule has 1 heterocycles. The Hall–Kier alpha value is -3.05. The lowest BCUT2D eigenvalue weighted by atomic mass is 9.97. The predicted octanol–water partition coefficient (Wildman–Crippen LogP) is 6.12. The van der Waals surface area contributed by atoms with E-state index in [4.69, 9.17) is 0 Å². The molecule has 0 aliphatic carbocycles. The second-order valence-electron chi connectivity index (χ2n) is 7.42. The van der Waals surface area contributed by atoms with Gasteiger partial charge in [-0.15, -0.1) is 0 Å². The maximum atomic E-state index is 9.77. The van der Waals surface area contributed by atoms with E-state index in [-0.39, 0.29) is 0 Å². The fourth-order valence-corrected chi connectivity index (χ4v) is 3.97. The number of benzene rings is 3. The van der Waals surface area contributed by atoms with Crippen LogP contribution in [-0.2, 0) is 0 Å². The minimum absolute atomic E-state index is 0.706. The second kappa shape index (κ2) is 7.29. The topological polar surface area (TPSA) is 27.0 Å². The number of rotatable bonds is 3. The number of anilines is 1. The number of aryl methyl sites for hydroxylation is 2. The van der Waals surface area contributed by atoms with Crippen LogP contribution in [0.2, 0.25) is 0 Å². The molecule has 27 heavy (non-hydrogen) atoms. The van der Waals surface area contributed by atoms with Crippen molar-refractivity contribution in [3.63, 3.8) is 0 Å². The standard InChI is InChI=1S/C25H24N2/c1-18-14-25(27-11-5-6-12-27)19(2)13-23(18)16-24(17-26)22-10-9-20-7-3-4-8-21(20)15-22/h3-4,7-10,13-16H,5-6,11-12H2,1-2H3/b24-16-. The summed E-state index contributed by atoms with van der Waals surface area (Å²) in [6.45, 7) is 6.61. The maximum absolute atomic E-state index is 9.77. The zero-order valence-corrected chi connectivity index (χ0v) is 16.0. The van der Waals surface area contributed by atoms with Crippen molar-refractivity contribution >= 4 is 28.1 Å². The van der Waals surface area contributed by atoms with Crippen LogP contribution in [0.3, 0.4) is 0 Å². The average molecular weight is 352 g/mol. The van der Waals surface area contributed by atoms with Crippen molar-refractivity contribution < 1.29 is 0 Å². The molecule has 0 atom stereocenters. The van der Waals surface area contributed by atoms with Crippen LogP contribution in [0.1, 0.15) is 35.1 Å². The van der Waals surface area contributed by atoms with Crippen molar-refractivity contribution in [1.29, 1.82) is 5.26 Å². The molecular formula is C25H24N2. The highest BCUT2D eigenvalue weighted by molar-refractivity contribution is 5.94. The fourth-order valence-electron chi connectivity index (χ4n) is 3.97. The summed E-state index contributed by atoms with van der Waals surface area (Å²) in [5.74, 6) is 0. The maximum Gasteiger partial charge on any atom is 0.0998 e. The minimum atomic E-state index is 0.706. The summed E-state index contributed by atoms with van der Waals surface area (Å²) in [4.78, 5) is 2.48. The summed E-state index contributed by atoms with van der Waals surface area (Å²) in [5.41, 5.74) is 6.64.